The number of methoxy groups -OCH3 is 1. The molecular weight excluding hydrogens is 375 g/mol. The van der Waals surface area contributed by atoms with E-state index in [9.17, 15) is 9.59 Å². The Balaban J connectivity index is 1.78. The van der Waals surface area contributed by atoms with E-state index in [1.165, 1.54) is 7.11 Å². The van der Waals surface area contributed by atoms with Crippen molar-refractivity contribution in [2.24, 2.45) is 5.41 Å². The van der Waals surface area contributed by atoms with Crippen molar-refractivity contribution in [2.75, 3.05) is 17.7 Å². The van der Waals surface area contributed by atoms with Gasteiger partial charge in [0.2, 0.25) is 11.8 Å². The fourth-order valence-electron chi connectivity index (χ4n) is 2.68. The van der Waals surface area contributed by atoms with Crippen LogP contribution in [0.5, 0.6) is 5.75 Å². The van der Waals surface area contributed by atoms with Crippen LogP contribution >= 0.6 is 23.2 Å². The van der Waals surface area contributed by atoms with Gasteiger partial charge in [0, 0.05) is 5.02 Å². The lowest BCUT2D eigenvalue weighted by molar-refractivity contribution is -0.131. The number of aryl methyl sites for hydroxylation is 1. The fourth-order valence-corrected chi connectivity index (χ4v) is 3.02. The van der Waals surface area contributed by atoms with E-state index in [4.69, 9.17) is 27.9 Å². The minimum Gasteiger partial charge on any atom is -0.495 e. The summed E-state index contributed by atoms with van der Waals surface area (Å²) < 4.78 is 5.27. The van der Waals surface area contributed by atoms with Crippen molar-refractivity contribution >= 4 is 46.4 Å². The zero-order valence-corrected chi connectivity index (χ0v) is 15.9. The highest BCUT2D eigenvalue weighted by atomic mass is 35.5. The summed E-state index contributed by atoms with van der Waals surface area (Å²) in [5, 5.41) is 6.34. The number of hydrogen-bond donors (Lipinski definition) is 2. The predicted octanol–water partition coefficient (Wildman–Crippen LogP) is 4.67. The third-order valence-electron chi connectivity index (χ3n) is 4.40. The third kappa shape index (κ3) is 3.64. The van der Waals surface area contributed by atoms with Crippen LogP contribution in [0, 0.1) is 12.3 Å². The highest BCUT2D eigenvalue weighted by Crippen LogP contribution is 2.48. The molecule has 2 N–H and O–H groups in total. The lowest BCUT2D eigenvalue weighted by atomic mass is 10.0. The maximum Gasteiger partial charge on any atom is 0.240 e. The molecule has 0 aromatic heterocycles. The summed E-state index contributed by atoms with van der Waals surface area (Å²) in [6.45, 7) is 1.91. The first kappa shape index (κ1) is 18.5. The second-order valence-electron chi connectivity index (χ2n) is 6.32. The molecule has 26 heavy (non-hydrogen) atoms. The van der Waals surface area contributed by atoms with Crippen LogP contribution in [0.4, 0.5) is 11.4 Å². The molecule has 0 heterocycles. The first-order valence-corrected chi connectivity index (χ1v) is 8.84. The van der Waals surface area contributed by atoms with Gasteiger partial charge in [-0.2, -0.15) is 0 Å². The molecule has 1 aliphatic carbocycles. The number of hydrogen-bond acceptors (Lipinski definition) is 3. The summed E-state index contributed by atoms with van der Waals surface area (Å²) in [5.41, 5.74) is 0.787. The van der Waals surface area contributed by atoms with E-state index in [1.807, 2.05) is 13.0 Å². The van der Waals surface area contributed by atoms with E-state index >= 15 is 0 Å². The molecule has 0 atom stereocenters. The fraction of sp³-hybridized carbons (Fsp3) is 0.263. The van der Waals surface area contributed by atoms with Gasteiger partial charge >= 0.3 is 0 Å². The van der Waals surface area contributed by atoms with Gasteiger partial charge in [-0.05, 0) is 55.7 Å². The Bertz CT molecular complexity index is 879. The topological polar surface area (TPSA) is 67.4 Å². The van der Waals surface area contributed by atoms with Crippen LogP contribution in [-0.2, 0) is 9.59 Å². The molecule has 0 spiro atoms. The normalized spacial score (nSPS) is 14.5. The second-order valence-corrected chi connectivity index (χ2v) is 7.16. The van der Waals surface area contributed by atoms with E-state index in [1.54, 1.807) is 30.3 Å². The molecule has 2 amide bonds. The highest BCUT2D eigenvalue weighted by Gasteiger charge is 2.56. The van der Waals surface area contributed by atoms with Crippen LogP contribution in [0.25, 0.3) is 0 Å². The third-order valence-corrected chi connectivity index (χ3v) is 4.96. The number of amides is 2. The lowest BCUT2D eigenvalue weighted by Crippen LogP contribution is -2.35. The molecule has 2 aromatic rings. The first-order valence-electron chi connectivity index (χ1n) is 8.08. The van der Waals surface area contributed by atoms with Crippen LogP contribution in [0.2, 0.25) is 10.0 Å². The average Bonchev–Trinajstić information content (AvgIpc) is 3.40. The number of carbonyl (C=O) groups excluding carboxylic acids is 2. The molecule has 7 heteroatoms. The van der Waals surface area contributed by atoms with Crippen molar-refractivity contribution in [3.8, 4) is 5.75 Å². The molecule has 1 fully saturated rings. The van der Waals surface area contributed by atoms with Gasteiger partial charge in [-0.25, -0.2) is 0 Å². The molecule has 0 unspecified atom stereocenters. The van der Waals surface area contributed by atoms with Crippen LogP contribution in [0.1, 0.15) is 18.4 Å². The maximum absolute atomic E-state index is 12.8. The Morgan fingerprint density at radius 3 is 2.27 bits per heavy atom. The van der Waals surface area contributed by atoms with Gasteiger partial charge in [-0.1, -0.05) is 29.3 Å². The van der Waals surface area contributed by atoms with Crippen molar-refractivity contribution in [1.29, 1.82) is 0 Å². The van der Waals surface area contributed by atoms with Crippen LogP contribution in [0.3, 0.4) is 0 Å². The highest BCUT2D eigenvalue weighted by molar-refractivity contribution is 6.36. The van der Waals surface area contributed by atoms with Gasteiger partial charge in [-0.3, -0.25) is 9.59 Å². The maximum atomic E-state index is 12.8. The number of benzene rings is 2. The molecule has 1 saturated carbocycles. The SMILES string of the molecule is COc1ccc(C)cc1NC(=O)C1(C(=O)Nc2cc(Cl)ccc2Cl)CC1. The molecule has 0 radical (unpaired) electrons. The number of anilines is 2. The molecule has 2 aromatic carbocycles. The molecule has 0 bridgehead atoms. The zero-order valence-electron chi connectivity index (χ0n) is 14.4. The summed E-state index contributed by atoms with van der Waals surface area (Å²) >= 11 is 12.0. The van der Waals surface area contributed by atoms with Crippen LogP contribution in [0.15, 0.2) is 36.4 Å². The van der Waals surface area contributed by atoms with Crippen molar-refractivity contribution in [2.45, 2.75) is 19.8 Å². The molecule has 0 aliphatic heterocycles. The summed E-state index contributed by atoms with van der Waals surface area (Å²) in [4.78, 5) is 25.5. The Morgan fingerprint density at radius 2 is 1.65 bits per heavy atom. The molecule has 3 rings (SSSR count). The lowest BCUT2D eigenvalue weighted by Gasteiger charge is -2.17. The molecule has 5 nitrogen and oxygen atoms in total. The number of rotatable bonds is 5. The summed E-state index contributed by atoms with van der Waals surface area (Å²) in [6, 6.07) is 10.2. The molecular formula is C19H18Cl2N2O3. The molecule has 1 aliphatic rings. The van der Waals surface area contributed by atoms with Gasteiger partial charge in [-0.15, -0.1) is 0 Å². The first-order chi connectivity index (χ1) is 12.4. The summed E-state index contributed by atoms with van der Waals surface area (Å²) in [5.74, 6) is -0.221. The van der Waals surface area contributed by atoms with E-state index in [0.29, 0.717) is 40.0 Å². The average molecular weight is 393 g/mol. The Labute approximate surface area is 161 Å². The Morgan fingerprint density at radius 1 is 1.00 bits per heavy atom. The van der Waals surface area contributed by atoms with E-state index in [0.717, 1.165) is 5.56 Å². The van der Waals surface area contributed by atoms with Crippen LogP contribution in [-0.4, -0.2) is 18.9 Å². The minimum absolute atomic E-state index is 0.360. The van der Waals surface area contributed by atoms with Gasteiger partial charge < -0.3 is 15.4 Å². The number of ether oxygens (including phenoxy) is 1. The quantitative estimate of drug-likeness (QED) is 0.726. The number of halogens is 2. The second kappa shape index (κ2) is 7.17. The number of carbonyl (C=O) groups is 2. The molecule has 0 saturated heterocycles. The van der Waals surface area contributed by atoms with Gasteiger partial charge in [0.05, 0.1) is 23.5 Å². The zero-order chi connectivity index (χ0) is 18.9. The summed E-state index contributed by atoms with van der Waals surface area (Å²) in [6.07, 6.45) is 0.938. The van der Waals surface area contributed by atoms with Crippen molar-refractivity contribution in [3.63, 3.8) is 0 Å². The van der Waals surface area contributed by atoms with Crippen LogP contribution < -0.4 is 15.4 Å². The monoisotopic (exact) mass is 392 g/mol. The minimum atomic E-state index is -1.11. The predicted molar refractivity (Wildman–Crippen MR) is 103 cm³/mol. The standard InChI is InChI=1S/C19H18Cl2N2O3/c1-11-3-6-16(26-2)15(9-11)23-18(25)19(7-8-19)17(24)22-14-10-12(20)4-5-13(14)21/h3-6,9-10H,7-8H2,1-2H3,(H,22,24)(H,23,25). The van der Waals surface area contributed by atoms with Crippen molar-refractivity contribution in [1.82, 2.24) is 0 Å². The van der Waals surface area contributed by atoms with E-state index < -0.39 is 11.3 Å². The van der Waals surface area contributed by atoms with Gasteiger partial charge in [0.25, 0.3) is 0 Å². The van der Waals surface area contributed by atoms with Gasteiger partial charge in [0.15, 0.2) is 0 Å². The van der Waals surface area contributed by atoms with E-state index in [-0.39, 0.29) is 5.91 Å². The number of nitrogens with one attached hydrogen (secondary N) is 2. The van der Waals surface area contributed by atoms with Crippen molar-refractivity contribution in [3.05, 3.63) is 52.0 Å². The smallest absolute Gasteiger partial charge is 0.240 e. The Kier molecular flexibility index (Phi) is 5.12. The largest absolute Gasteiger partial charge is 0.495 e. The van der Waals surface area contributed by atoms with E-state index in [2.05, 4.69) is 10.6 Å². The van der Waals surface area contributed by atoms with Crippen molar-refractivity contribution < 1.29 is 14.3 Å². The Hall–Kier alpha value is -2.24. The van der Waals surface area contributed by atoms with Gasteiger partial charge in [0.1, 0.15) is 11.2 Å². The summed E-state index contributed by atoms with van der Waals surface area (Å²) in [7, 11) is 1.53. The molecule has 136 valence electrons.